The van der Waals surface area contributed by atoms with Gasteiger partial charge in [-0.1, -0.05) is 45.0 Å². The van der Waals surface area contributed by atoms with E-state index in [4.69, 9.17) is 5.26 Å². The standard InChI is InChI=1S/C15H21N/c1-5-15(4,11-16)10-13-6-8-14(9-7-13)12(2)3/h6-9,12H,5,10H2,1-4H3. The molecule has 0 heterocycles. The summed E-state index contributed by atoms with van der Waals surface area (Å²) in [6.07, 6.45) is 1.74. The lowest BCUT2D eigenvalue weighted by Crippen LogP contribution is -2.15. The van der Waals surface area contributed by atoms with Crippen LogP contribution in [0, 0.1) is 16.7 Å². The van der Waals surface area contributed by atoms with Crippen LogP contribution < -0.4 is 0 Å². The van der Waals surface area contributed by atoms with Crippen molar-refractivity contribution in [1.29, 1.82) is 5.26 Å². The van der Waals surface area contributed by atoms with Crippen molar-refractivity contribution in [3.63, 3.8) is 0 Å². The van der Waals surface area contributed by atoms with E-state index in [0.717, 1.165) is 12.8 Å². The van der Waals surface area contributed by atoms with Gasteiger partial charge in [0, 0.05) is 0 Å². The maximum Gasteiger partial charge on any atom is 0.0690 e. The fourth-order valence-corrected chi connectivity index (χ4v) is 1.71. The van der Waals surface area contributed by atoms with Gasteiger partial charge in [0.05, 0.1) is 11.5 Å². The topological polar surface area (TPSA) is 23.8 Å². The highest BCUT2D eigenvalue weighted by atomic mass is 14.3. The molecule has 1 aromatic carbocycles. The maximum atomic E-state index is 9.14. The minimum atomic E-state index is -0.223. The highest BCUT2D eigenvalue weighted by Crippen LogP contribution is 2.26. The van der Waals surface area contributed by atoms with Crippen LogP contribution in [-0.2, 0) is 6.42 Å². The Kier molecular flexibility index (Phi) is 4.12. The summed E-state index contributed by atoms with van der Waals surface area (Å²) in [6.45, 7) is 8.50. The molecule has 86 valence electrons. The van der Waals surface area contributed by atoms with E-state index in [-0.39, 0.29) is 5.41 Å². The number of nitriles is 1. The van der Waals surface area contributed by atoms with Crippen LogP contribution in [0.15, 0.2) is 24.3 Å². The Labute approximate surface area is 99.1 Å². The summed E-state index contributed by atoms with van der Waals surface area (Å²) in [5.41, 5.74) is 2.40. The van der Waals surface area contributed by atoms with Crippen molar-refractivity contribution in [2.45, 2.75) is 46.5 Å². The van der Waals surface area contributed by atoms with Crippen LogP contribution in [0.2, 0.25) is 0 Å². The second-order valence-electron chi connectivity index (χ2n) is 5.10. The minimum Gasteiger partial charge on any atom is -0.198 e. The number of hydrogen-bond acceptors (Lipinski definition) is 1. The molecule has 16 heavy (non-hydrogen) atoms. The van der Waals surface area contributed by atoms with Gasteiger partial charge in [-0.2, -0.15) is 5.26 Å². The van der Waals surface area contributed by atoms with Crippen LogP contribution in [0.25, 0.3) is 0 Å². The molecule has 0 radical (unpaired) electrons. The summed E-state index contributed by atoms with van der Waals surface area (Å²) in [5, 5.41) is 9.14. The lowest BCUT2D eigenvalue weighted by Gasteiger charge is -2.19. The Morgan fingerprint density at radius 2 is 1.81 bits per heavy atom. The number of nitrogens with zero attached hydrogens (tertiary/aromatic N) is 1. The molecule has 0 bridgehead atoms. The highest BCUT2D eigenvalue weighted by molar-refractivity contribution is 5.26. The van der Waals surface area contributed by atoms with Crippen molar-refractivity contribution < 1.29 is 0 Å². The zero-order valence-corrected chi connectivity index (χ0v) is 10.7. The molecule has 0 aromatic heterocycles. The first-order chi connectivity index (χ1) is 7.50. The van der Waals surface area contributed by atoms with E-state index >= 15 is 0 Å². The molecule has 1 nitrogen and oxygen atoms in total. The summed E-state index contributed by atoms with van der Waals surface area (Å²) in [5.74, 6) is 0.572. The average molecular weight is 215 g/mol. The smallest absolute Gasteiger partial charge is 0.0690 e. The van der Waals surface area contributed by atoms with Gasteiger partial charge in [0.2, 0.25) is 0 Å². The molecule has 1 rings (SSSR count). The zero-order valence-electron chi connectivity index (χ0n) is 10.7. The zero-order chi connectivity index (χ0) is 12.2. The predicted molar refractivity (Wildman–Crippen MR) is 68.2 cm³/mol. The van der Waals surface area contributed by atoms with Gasteiger partial charge in [-0.3, -0.25) is 0 Å². The Morgan fingerprint density at radius 3 is 2.19 bits per heavy atom. The molecule has 1 unspecified atom stereocenters. The van der Waals surface area contributed by atoms with Gasteiger partial charge in [-0.15, -0.1) is 0 Å². The van der Waals surface area contributed by atoms with E-state index in [9.17, 15) is 0 Å². The molecule has 0 N–H and O–H groups in total. The molecule has 0 amide bonds. The summed E-state index contributed by atoms with van der Waals surface area (Å²) in [6, 6.07) is 11.1. The summed E-state index contributed by atoms with van der Waals surface area (Å²) in [7, 11) is 0. The summed E-state index contributed by atoms with van der Waals surface area (Å²) < 4.78 is 0. The van der Waals surface area contributed by atoms with Crippen molar-refractivity contribution in [2.24, 2.45) is 5.41 Å². The van der Waals surface area contributed by atoms with Gasteiger partial charge in [-0.05, 0) is 36.8 Å². The van der Waals surface area contributed by atoms with E-state index in [1.165, 1.54) is 11.1 Å². The molecule has 1 aromatic rings. The second-order valence-corrected chi connectivity index (χ2v) is 5.10. The van der Waals surface area contributed by atoms with Crippen LogP contribution in [0.5, 0.6) is 0 Å². The Bertz CT molecular complexity index is 369. The fourth-order valence-electron chi connectivity index (χ4n) is 1.71. The van der Waals surface area contributed by atoms with Gasteiger partial charge < -0.3 is 0 Å². The fraction of sp³-hybridized carbons (Fsp3) is 0.533. The molecule has 0 fully saturated rings. The molecule has 0 aliphatic heterocycles. The minimum absolute atomic E-state index is 0.223. The van der Waals surface area contributed by atoms with Gasteiger partial charge in [0.1, 0.15) is 0 Å². The van der Waals surface area contributed by atoms with E-state index in [2.05, 4.69) is 51.1 Å². The van der Waals surface area contributed by atoms with Gasteiger partial charge >= 0.3 is 0 Å². The number of benzene rings is 1. The number of rotatable bonds is 4. The Morgan fingerprint density at radius 1 is 1.25 bits per heavy atom. The molecule has 0 saturated carbocycles. The second kappa shape index (κ2) is 5.16. The van der Waals surface area contributed by atoms with Crippen molar-refractivity contribution >= 4 is 0 Å². The SMILES string of the molecule is CCC(C)(C#N)Cc1ccc(C(C)C)cc1. The Hall–Kier alpha value is -1.29. The van der Waals surface area contributed by atoms with Gasteiger partial charge in [-0.25, -0.2) is 0 Å². The van der Waals surface area contributed by atoms with Crippen LogP contribution in [0.1, 0.15) is 51.2 Å². The first kappa shape index (κ1) is 12.8. The van der Waals surface area contributed by atoms with Crippen molar-refractivity contribution in [1.82, 2.24) is 0 Å². The van der Waals surface area contributed by atoms with E-state index < -0.39 is 0 Å². The van der Waals surface area contributed by atoms with Crippen LogP contribution in [0.3, 0.4) is 0 Å². The molecule has 1 heteroatoms. The van der Waals surface area contributed by atoms with Crippen LogP contribution in [-0.4, -0.2) is 0 Å². The predicted octanol–water partition coefficient (Wildman–Crippen LogP) is 4.29. The van der Waals surface area contributed by atoms with Gasteiger partial charge in [0.15, 0.2) is 0 Å². The Balaban J connectivity index is 2.80. The molecule has 0 aliphatic rings. The largest absolute Gasteiger partial charge is 0.198 e. The monoisotopic (exact) mass is 215 g/mol. The van der Waals surface area contributed by atoms with E-state index in [1.54, 1.807) is 0 Å². The third kappa shape index (κ3) is 3.10. The molecular formula is C15H21N. The summed E-state index contributed by atoms with van der Waals surface area (Å²) >= 11 is 0. The number of hydrogen-bond donors (Lipinski definition) is 0. The molecule has 1 atom stereocenters. The summed E-state index contributed by atoms with van der Waals surface area (Å²) in [4.78, 5) is 0. The molecular weight excluding hydrogens is 194 g/mol. The van der Waals surface area contributed by atoms with Crippen LogP contribution in [0.4, 0.5) is 0 Å². The lowest BCUT2D eigenvalue weighted by molar-refractivity contribution is 0.423. The maximum absolute atomic E-state index is 9.14. The van der Waals surface area contributed by atoms with Crippen molar-refractivity contribution in [2.75, 3.05) is 0 Å². The lowest BCUT2D eigenvalue weighted by atomic mass is 9.82. The third-order valence-electron chi connectivity index (χ3n) is 3.29. The molecule has 0 aliphatic carbocycles. The quantitative estimate of drug-likeness (QED) is 0.735. The van der Waals surface area contributed by atoms with Crippen molar-refractivity contribution in [3.8, 4) is 6.07 Å². The van der Waals surface area contributed by atoms with Crippen molar-refractivity contribution in [3.05, 3.63) is 35.4 Å². The van der Waals surface area contributed by atoms with Gasteiger partial charge in [0.25, 0.3) is 0 Å². The third-order valence-corrected chi connectivity index (χ3v) is 3.29. The normalized spacial score (nSPS) is 14.5. The first-order valence-corrected chi connectivity index (χ1v) is 6.01. The van der Waals surface area contributed by atoms with E-state index in [1.807, 2.05) is 6.92 Å². The molecule has 0 spiro atoms. The highest BCUT2D eigenvalue weighted by Gasteiger charge is 2.21. The first-order valence-electron chi connectivity index (χ1n) is 6.01. The van der Waals surface area contributed by atoms with E-state index in [0.29, 0.717) is 5.92 Å². The average Bonchev–Trinajstić information content (AvgIpc) is 2.29. The molecule has 0 saturated heterocycles. The van der Waals surface area contributed by atoms with Crippen LogP contribution >= 0.6 is 0 Å².